The van der Waals surface area contributed by atoms with Crippen molar-refractivity contribution < 1.29 is 8.42 Å². The van der Waals surface area contributed by atoms with Crippen LogP contribution in [-0.2, 0) is 10.0 Å². The van der Waals surface area contributed by atoms with Gasteiger partial charge in [-0.05, 0) is 31.9 Å². The molecule has 0 aromatic heterocycles. The van der Waals surface area contributed by atoms with Crippen LogP contribution in [0.2, 0.25) is 0 Å². The summed E-state index contributed by atoms with van der Waals surface area (Å²) < 4.78 is 27.0. The highest BCUT2D eigenvalue weighted by Crippen LogP contribution is 2.33. The van der Waals surface area contributed by atoms with Crippen molar-refractivity contribution in [1.29, 1.82) is 0 Å². The van der Waals surface area contributed by atoms with Gasteiger partial charge in [0, 0.05) is 6.54 Å². The Kier molecular flexibility index (Phi) is 4.54. The summed E-state index contributed by atoms with van der Waals surface area (Å²) in [6, 6.07) is 6.84. The summed E-state index contributed by atoms with van der Waals surface area (Å²) in [6.07, 6.45) is 5.11. The molecule has 0 saturated heterocycles. The van der Waals surface area contributed by atoms with Gasteiger partial charge in [-0.1, -0.05) is 37.0 Å². The van der Waals surface area contributed by atoms with Crippen molar-refractivity contribution in [2.45, 2.75) is 48.8 Å². The fourth-order valence-corrected chi connectivity index (χ4v) is 3.93. The van der Waals surface area contributed by atoms with Crippen molar-refractivity contribution in [2.75, 3.05) is 6.54 Å². The van der Waals surface area contributed by atoms with Crippen LogP contribution in [0.4, 0.5) is 0 Å². The van der Waals surface area contributed by atoms with E-state index < -0.39 is 14.9 Å². The lowest BCUT2D eigenvalue weighted by Crippen LogP contribution is -2.40. The molecule has 0 atom stereocenters. The van der Waals surface area contributed by atoms with Gasteiger partial charge in [0.1, 0.15) is 0 Å². The number of aryl methyl sites for hydroxylation is 1. The molecule has 2 rings (SSSR count). The third kappa shape index (κ3) is 3.94. The molecule has 0 radical (unpaired) electrons. The predicted octanol–water partition coefficient (Wildman–Crippen LogP) is 3.22. The molecule has 1 N–H and O–H groups in total. The standard InChI is InChI=1S/C14H20ClNO2S/c1-12-5-7-13(8-6-12)19(17,18)16-11-14(15)9-3-2-4-10-14/h5-8,16H,2-4,9-11H2,1H3. The molecule has 1 saturated carbocycles. The average molecular weight is 302 g/mol. The third-order valence-corrected chi connectivity index (χ3v) is 5.59. The van der Waals surface area contributed by atoms with Crippen molar-refractivity contribution in [3.05, 3.63) is 29.8 Å². The lowest BCUT2D eigenvalue weighted by atomic mass is 9.88. The molecule has 0 aliphatic heterocycles. The maximum atomic E-state index is 12.2. The quantitative estimate of drug-likeness (QED) is 0.868. The summed E-state index contributed by atoms with van der Waals surface area (Å²) in [4.78, 5) is -0.107. The summed E-state index contributed by atoms with van der Waals surface area (Å²) >= 11 is 6.47. The van der Waals surface area contributed by atoms with Gasteiger partial charge in [-0.3, -0.25) is 0 Å². The Morgan fingerprint density at radius 2 is 1.74 bits per heavy atom. The Bertz CT molecular complexity index is 519. The van der Waals surface area contributed by atoms with Crippen LogP contribution in [0.1, 0.15) is 37.7 Å². The average Bonchev–Trinajstić information content (AvgIpc) is 2.38. The fourth-order valence-electron chi connectivity index (χ4n) is 2.39. The summed E-state index contributed by atoms with van der Waals surface area (Å²) in [6.45, 7) is 2.24. The number of halogens is 1. The van der Waals surface area contributed by atoms with Crippen molar-refractivity contribution >= 4 is 21.6 Å². The monoisotopic (exact) mass is 301 g/mol. The van der Waals surface area contributed by atoms with Crippen molar-refractivity contribution in [3.8, 4) is 0 Å². The predicted molar refractivity (Wildman–Crippen MR) is 78.0 cm³/mol. The topological polar surface area (TPSA) is 46.2 Å². The Hall–Kier alpha value is -0.580. The highest BCUT2D eigenvalue weighted by Gasteiger charge is 2.31. The zero-order valence-corrected chi connectivity index (χ0v) is 12.7. The van der Waals surface area contributed by atoms with Crippen molar-refractivity contribution in [2.24, 2.45) is 0 Å². The minimum atomic E-state index is -3.45. The van der Waals surface area contributed by atoms with Crippen LogP contribution >= 0.6 is 11.6 Å². The Labute approximate surface area is 120 Å². The highest BCUT2D eigenvalue weighted by molar-refractivity contribution is 7.89. The van der Waals surface area contributed by atoms with Gasteiger partial charge in [0.05, 0.1) is 9.77 Å². The SMILES string of the molecule is Cc1ccc(S(=O)(=O)NCC2(Cl)CCCCC2)cc1. The third-order valence-electron chi connectivity index (χ3n) is 3.66. The second kappa shape index (κ2) is 5.81. The molecule has 19 heavy (non-hydrogen) atoms. The van der Waals surface area contributed by atoms with Gasteiger partial charge in [-0.25, -0.2) is 13.1 Å². The Balaban J connectivity index is 2.03. The number of alkyl halides is 1. The molecular formula is C14H20ClNO2S. The number of nitrogens with one attached hydrogen (secondary N) is 1. The summed E-state index contributed by atoms with van der Waals surface area (Å²) in [5.74, 6) is 0. The molecule has 1 aromatic carbocycles. The zero-order valence-electron chi connectivity index (χ0n) is 11.2. The Morgan fingerprint density at radius 3 is 2.32 bits per heavy atom. The van der Waals surface area contributed by atoms with E-state index in [4.69, 9.17) is 11.6 Å². The van der Waals surface area contributed by atoms with Gasteiger partial charge in [0.15, 0.2) is 0 Å². The van der Waals surface area contributed by atoms with E-state index in [1.165, 1.54) is 6.42 Å². The molecule has 0 bridgehead atoms. The van der Waals surface area contributed by atoms with E-state index in [0.29, 0.717) is 11.4 Å². The normalized spacial score (nSPS) is 19.3. The van der Waals surface area contributed by atoms with E-state index in [9.17, 15) is 8.42 Å². The molecule has 0 amide bonds. The number of hydrogen-bond donors (Lipinski definition) is 1. The van der Waals surface area contributed by atoms with E-state index in [-0.39, 0.29) is 0 Å². The van der Waals surface area contributed by atoms with Crippen LogP contribution in [0, 0.1) is 6.92 Å². The van der Waals surface area contributed by atoms with Crippen LogP contribution in [0.25, 0.3) is 0 Å². The number of hydrogen-bond acceptors (Lipinski definition) is 2. The number of sulfonamides is 1. The second-order valence-corrected chi connectivity index (χ2v) is 7.92. The van der Waals surface area contributed by atoms with Crippen LogP contribution in [-0.4, -0.2) is 19.8 Å². The summed E-state index contributed by atoms with van der Waals surface area (Å²) in [5.41, 5.74) is 1.04. The summed E-state index contributed by atoms with van der Waals surface area (Å²) in [5, 5.41) is 0. The first kappa shape index (κ1) is 14.8. The maximum Gasteiger partial charge on any atom is 0.240 e. The van der Waals surface area contributed by atoms with E-state index in [1.807, 2.05) is 6.92 Å². The second-order valence-electron chi connectivity index (χ2n) is 5.35. The van der Waals surface area contributed by atoms with Crippen LogP contribution in [0.15, 0.2) is 29.2 Å². The minimum absolute atomic E-state index is 0.300. The van der Waals surface area contributed by atoms with E-state index >= 15 is 0 Å². The molecule has 0 spiro atoms. The van der Waals surface area contributed by atoms with Gasteiger partial charge >= 0.3 is 0 Å². The lowest BCUT2D eigenvalue weighted by Gasteiger charge is -2.31. The molecule has 1 aromatic rings. The largest absolute Gasteiger partial charge is 0.240 e. The van der Waals surface area contributed by atoms with Gasteiger partial charge in [-0.2, -0.15) is 0 Å². The smallest absolute Gasteiger partial charge is 0.209 e. The van der Waals surface area contributed by atoms with Gasteiger partial charge in [0.25, 0.3) is 0 Å². The molecule has 1 fully saturated rings. The first-order valence-corrected chi connectivity index (χ1v) is 8.53. The molecule has 106 valence electrons. The molecule has 5 heteroatoms. The van der Waals surface area contributed by atoms with Crippen LogP contribution in [0.3, 0.4) is 0 Å². The molecule has 1 aliphatic carbocycles. The zero-order chi connectivity index (χ0) is 13.9. The van der Waals surface area contributed by atoms with Crippen LogP contribution in [0.5, 0.6) is 0 Å². The first-order chi connectivity index (χ1) is 8.91. The number of rotatable bonds is 4. The number of benzene rings is 1. The highest BCUT2D eigenvalue weighted by atomic mass is 35.5. The van der Waals surface area contributed by atoms with Gasteiger partial charge in [0.2, 0.25) is 10.0 Å². The van der Waals surface area contributed by atoms with Gasteiger partial charge in [-0.15, -0.1) is 11.6 Å². The first-order valence-electron chi connectivity index (χ1n) is 6.67. The van der Waals surface area contributed by atoms with E-state index in [0.717, 1.165) is 31.2 Å². The van der Waals surface area contributed by atoms with Gasteiger partial charge < -0.3 is 0 Å². The van der Waals surface area contributed by atoms with Crippen molar-refractivity contribution in [3.63, 3.8) is 0 Å². The molecule has 0 heterocycles. The lowest BCUT2D eigenvalue weighted by molar-refractivity contribution is 0.386. The maximum absolute atomic E-state index is 12.2. The molecule has 3 nitrogen and oxygen atoms in total. The molecular weight excluding hydrogens is 282 g/mol. The Morgan fingerprint density at radius 1 is 1.16 bits per heavy atom. The van der Waals surface area contributed by atoms with E-state index in [2.05, 4.69) is 4.72 Å². The minimum Gasteiger partial charge on any atom is -0.209 e. The summed E-state index contributed by atoms with van der Waals surface area (Å²) in [7, 11) is -3.45. The van der Waals surface area contributed by atoms with Crippen molar-refractivity contribution in [1.82, 2.24) is 4.72 Å². The molecule has 0 unspecified atom stereocenters. The van der Waals surface area contributed by atoms with E-state index in [1.54, 1.807) is 24.3 Å². The van der Waals surface area contributed by atoms with Crippen LogP contribution < -0.4 is 4.72 Å². The molecule has 1 aliphatic rings. The fraction of sp³-hybridized carbons (Fsp3) is 0.571.